The van der Waals surface area contributed by atoms with E-state index in [9.17, 15) is 0 Å². The normalized spacial score (nSPS) is 27.6. The Hall–Kier alpha value is -0.540. The third-order valence-electron chi connectivity index (χ3n) is 3.26. The molecule has 0 amide bonds. The van der Waals surface area contributed by atoms with Gasteiger partial charge < -0.3 is 5.32 Å². The molecule has 0 spiro atoms. The molecule has 1 aromatic rings. The summed E-state index contributed by atoms with van der Waals surface area (Å²) in [6.45, 7) is 4.56. The number of hydrogen-bond donors (Lipinski definition) is 1. The number of pyridine rings is 1. The highest BCUT2D eigenvalue weighted by atomic mass is 32.2. The first-order chi connectivity index (χ1) is 7.77. The van der Waals surface area contributed by atoms with E-state index in [0.29, 0.717) is 12.1 Å². The number of nitrogens with one attached hydrogen (secondary N) is 1. The van der Waals surface area contributed by atoms with E-state index in [0.717, 1.165) is 5.25 Å². The predicted molar refractivity (Wildman–Crippen MR) is 70.7 cm³/mol. The number of thioether (sulfide) groups is 1. The van der Waals surface area contributed by atoms with Crippen molar-refractivity contribution in [2.75, 3.05) is 5.75 Å². The molecule has 2 rings (SSSR count). The van der Waals surface area contributed by atoms with Gasteiger partial charge >= 0.3 is 0 Å². The average molecular weight is 236 g/mol. The highest BCUT2D eigenvalue weighted by Crippen LogP contribution is 2.26. The van der Waals surface area contributed by atoms with Crippen LogP contribution < -0.4 is 5.32 Å². The molecule has 88 valence electrons. The standard InChI is InChI=1S/C13H20N2S/c1-10(12-5-3-7-14-9-12)15-13-6-4-8-16-11(13)2/h3,5,7,9-11,13,15H,4,6,8H2,1-2H3. The van der Waals surface area contributed by atoms with Crippen molar-refractivity contribution in [1.82, 2.24) is 10.3 Å². The van der Waals surface area contributed by atoms with Gasteiger partial charge in [0.2, 0.25) is 0 Å². The SMILES string of the molecule is CC(NC1CCCSC1C)c1cccnc1. The van der Waals surface area contributed by atoms with Crippen molar-refractivity contribution in [3.63, 3.8) is 0 Å². The van der Waals surface area contributed by atoms with Crippen LogP contribution in [-0.2, 0) is 0 Å². The molecule has 2 nitrogen and oxygen atoms in total. The first-order valence-electron chi connectivity index (χ1n) is 6.05. The minimum Gasteiger partial charge on any atom is -0.306 e. The van der Waals surface area contributed by atoms with E-state index in [2.05, 4.69) is 42.0 Å². The fourth-order valence-electron chi connectivity index (χ4n) is 2.19. The lowest BCUT2D eigenvalue weighted by atomic mass is 10.0. The van der Waals surface area contributed by atoms with E-state index in [1.807, 2.05) is 18.5 Å². The van der Waals surface area contributed by atoms with Gasteiger partial charge in [-0.2, -0.15) is 11.8 Å². The molecule has 0 aliphatic carbocycles. The van der Waals surface area contributed by atoms with Crippen LogP contribution in [0.1, 0.15) is 38.3 Å². The molecule has 0 saturated carbocycles. The zero-order chi connectivity index (χ0) is 11.4. The van der Waals surface area contributed by atoms with Gasteiger partial charge in [-0.15, -0.1) is 0 Å². The van der Waals surface area contributed by atoms with Crippen molar-refractivity contribution in [2.45, 2.75) is 44.0 Å². The third kappa shape index (κ3) is 2.98. The summed E-state index contributed by atoms with van der Waals surface area (Å²) in [6.07, 6.45) is 6.43. The molecule has 1 aromatic heterocycles. The highest BCUT2D eigenvalue weighted by molar-refractivity contribution is 7.99. The zero-order valence-electron chi connectivity index (χ0n) is 10.0. The Labute approximate surface area is 102 Å². The molecule has 3 heteroatoms. The second-order valence-electron chi connectivity index (χ2n) is 4.50. The molecule has 2 heterocycles. The van der Waals surface area contributed by atoms with Crippen molar-refractivity contribution < 1.29 is 0 Å². The van der Waals surface area contributed by atoms with Gasteiger partial charge in [0.05, 0.1) is 0 Å². The molecule has 0 aromatic carbocycles. The maximum atomic E-state index is 4.17. The van der Waals surface area contributed by atoms with Crippen molar-refractivity contribution in [2.24, 2.45) is 0 Å². The molecule has 16 heavy (non-hydrogen) atoms. The van der Waals surface area contributed by atoms with Crippen LogP contribution in [0.15, 0.2) is 24.5 Å². The van der Waals surface area contributed by atoms with E-state index in [1.165, 1.54) is 24.2 Å². The molecular weight excluding hydrogens is 216 g/mol. The minimum atomic E-state index is 0.403. The monoisotopic (exact) mass is 236 g/mol. The Morgan fingerprint density at radius 2 is 2.44 bits per heavy atom. The van der Waals surface area contributed by atoms with E-state index in [-0.39, 0.29) is 0 Å². The minimum absolute atomic E-state index is 0.403. The van der Waals surface area contributed by atoms with Gasteiger partial charge in [0.15, 0.2) is 0 Å². The Kier molecular flexibility index (Phi) is 4.24. The smallest absolute Gasteiger partial charge is 0.0315 e. The van der Waals surface area contributed by atoms with Crippen LogP contribution in [0.25, 0.3) is 0 Å². The fraction of sp³-hybridized carbons (Fsp3) is 0.615. The first kappa shape index (κ1) is 11.9. The highest BCUT2D eigenvalue weighted by Gasteiger charge is 2.23. The molecule has 0 radical (unpaired) electrons. The van der Waals surface area contributed by atoms with Gasteiger partial charge in [-0.3, -0.25) is 4.98 Å². The Morgan fingerprint density at radius 3 is 3.12 bits per heavy atom. The summed E-state index contributed by atoms with van der Waals surface area (Å²) in [5, 5.41) is 4.45. The molecule has 1 fully saturated rings. The molecule has 3 atom stereocenters. The predicted octanol–water partition coefficient (Wildman–Crippen LogP) is 3.02. The van der Waals surface area contributed by atoms with Crippen LogP contribution in [0.3, 0.4) is 0 Å². The van der Waals surface area contributed by atoms with Gasteiger partial charge in [-0.1, -0.05) is 13.0 Å². The van der Waals surface area contributed by atoms with Crippen molar-refractivity contribution in [1.29, 1.82) is 0 Å². The second-order valence-corrected chi connectivity index (χ2v) is 5.98. The van der Waals surface area contributed by atoms with E-state index in [1.54, 1.807) is 0 Å². The Balaban J connectivity index is 1.94. The average Bonchev–Trinajstić information content (AvgIpc) is 2.33. The molecule has 1 aliphatic heterocycles. The number of rotatable bonds is 3. The molecule has 1 aliphatic rings. The lowest BCUT2D eigenvalue weighted by molar-refractivity contribution is 0.417. The molecule has 3 unspecified atom stereocenters. The van der Waals surface area contributed by atoms with E-state index >= 15 is 0 Å². The molecule has 0 bridgehead atoms. The molecule has 1 saturated heterocycles. The van der Waals surface area contributed by atoms with Gasteiger partial charge in [0, 0.05) is 29.7 Å². The van der Waals surface area contributed by atoms with Crippen molar-refractivity contribution in [3.05, 3.63) is 30.1 Å². The summed E-state index contributed by atoms with van der Waals surface area (Å²) >= 11 is 2.09. The summed E-state index contributed by atoms with van der Waals surface area (Å²) in [4.78, 5) is 4.17. The zero-order valence-corrected chi connectivity index (χ0v) is 10.8. The number of nitrogens with zero attached hydrogens (tertiary/aromatic N) is 1. The Morgan fingerprint density at radius 1 is 1.56 bits per heavy atom. The van der Waals surface area contributed by atoms with Crippen LogP contribution >= 0.6 is 11.8 Å². The lowest BCUT2D eigenvalue weighted by Crippen LogP contribution is -2.40. The van der Waals surface area contributed by atoms with Crippen LogP contribution in [-0.4, -0.2) is 22.0 Å². The third-order valence-corrected chi connectivity index (χ3v) is 4.63. The van der Waals surface area contributed by atoms with Crippen molar-refractivity contribution >= 4 is 11.8 Å². The summed E-state index contributed by atoms with van der Waals surface area (Å²) in [7, 11) is 0. The summed E-state index contributed by atoms with van der Waals surface area (Å²) in [5.41, 5.74) is 1.28. The summed E-state index contributed by atoms with van der Waals surface area (Å²) in [6, 6.07) is 5.20. The van der Waals surface area contributed by atoms with Crippen LogP contribution in [0, 0.1) is 0 Å². The van der Waals surface area contributed by atoms with Crippen LogP contribution in [0.4, 0.5) is 0 Å². The number of aromatic nitrogens is 1. The quantitative estimate of drug-likeness (QED) is 0.873. The van der Waals surface area contributed by atoms with E-state index in [4.69, 9.17) is 0 Å². The summed E-state index contributed by atoms with van der Waals surface area (Å²) in [5.74, 6) is 1.32. The molecular formula is C13H20N2S. The van der Waals surface area contributed by atoms with Gasteiger partial charge in [0.1, 0.15) is 0 Å². The van der Waals surface area contributed by atoms with Gasteiger partial charge in [0.25, 0.3) is 0 Å². The second kappa shape index (κ2) is 5.69. The number of hydrogen-bond acceptors (Lipinski definition) is 3. The van der Waals surface area contributed by atoms with Gasteiger partial charge in [-0.05, 0) is 37.1 Å². The van der Waals surface area contributed by atoms with Crippen LogP contribution in [0.2, 0.25) is 0 Å². The topological polar surface area (TPSA) is 24.9 Å². The largest absolute Gasteiger partial charge is 0.306 e. The Bertz CT molecular complexity index is 315. The molecule has 1 N–H and O–H groups in total. The van der Waals surface area contributed by atoms with Gasteiger partial charge in [-0.25, -0.2) is 0 Å². The maximum Gasteiger partial charge on any atom is 0.0315 e. The van der Waals surface area contributed by atoms with Crippen molar-refractivity contribution in [3.8, 4) is 0 Å². The first-order valence-corrected chi connectivity index (χ1v) is 7.10. The van der Waals surface area contributed by atoms with E-state index < -0.39 is 0 Å². The fourth-order valence-corrected chi connectivity index (χ4v) is 3.34. The summed E-state index contributed by atoms with van der Waals surface area (Å²) < 4.78 is 0. The lowest BCUT2D eigenvalue weighted by Gasteiger charge is -2.31. The maximum absolute atomic E-state index is 4.17. The van der Waals surface area contributed by atoms with Crippen LogP contribution in [0.5, 0.6) is 0 Å².